The number of anilines is 1. The van der Waals surface area contributed by atoms with E-state index in [0.717, 1.165) is 22.8 Å². The molecule has 0 atom stereocenters. The van der Waals surface area contributed by atoms with Gasteiger partial charge in [-0.25, -0.2) is 0 Å². The Morgan fingerprint density at radius 3 is 2.47 bits per heavy atom. The van der Waals surface area contributed by atoms with Crippen molar-refractivity contribution >= 4 is 34.9 Å². The first-order chi connectivity index (χ1) is 14.5. The number of carbonyl (C=O) groups excluding carboxylic acids is 1. The molecule has 0 aliphatic carbocycles. The molecule has 2 heterocycles. The van der Waals surface area contributed by atoms with E-state index in [-0.39, 0.29) is 5.91 Å². The van der Waals surface area contributed by atoms with E-state index >= 15 is 0 Å². The number of rotatable bonds is 4. The lowest BCUT2D eigenvalue weighted by Gasteiger charge is -2.35. The van der Waals surface area contributed by atoms with Crippen molar-refractivity contribution in [2.45, 2.75) is 0 Å². The van der Waals surface area contributed by atoms with Crippen molar-refractivity contribution in [3.05, 3.63) is 70.2 Å². The van der Waals surface area contributed by atoms with Crippen molar-refractivity contribution < 1.29 is 9.53 Å². The highest BCUT2D eigenvalue weighted by molar-refractivity contribution is 6.35. The zero-order chi connectivity index (χ0) is 21.1. The highest BCUT2D eigenvalue weighted by atomic mass is 35.5. The van der Waals surface area contributed by atoms with Crippen LogP contribution in [-0.4, -0.2) is 54.3 Å². The molecule has 0 unspecified atom stereocenters. The minimum atomic E-state index is -0.110. The normalized spacial score (nSPS) is 14.0. The predicted octanol–water partition coefficient (Wildman–Crippen LogP) is 4.42. The molecule has 4 rings (SSSR count). The molecule has 0 spiro atoms. The molecule has 1 saturated heterocycles. The second kappa shape index (κ2) is 8.90. The summed E-state index contributed by atoms with van der Waals surface area (Å²) in [6.45, 7) is 2.47. The number of hydrogen-bond donors (Lipinski definition) is 0. The second-order valence-electron chi connectivity index (χ2n) is 6.91. The van der Waals surface area contributed by atoms with Crippen LogP contribution in [0, 0.1) is 0 Å². The smallest absolute Gasteiger partial charge is 0.255 e. The minimum absolute atomic E-state index is 0.110. The fraction of sp³-hybridized carbons (Fsp3) is 0.227. The number of methoxy groups -OCH3 is 1. The number of nitrogens with zero attached hydrogens (tertiary/aromatic N) is 4. The van der Waals surface area contributed by atoms with E-state index in [0.29, 0.717) is 41.8 Å². The molecule has 154 valence electrons. The summed E-state index contributed by atoms with van der Waals surface area (Å²) in [6.07, 6.45) is 0. The van der Waals surface area contributed by atoms with Gasteiger partial charge < -0.3 is 14.5 Å². The third-order valence-electron chi connectivity index (χ3n) is 5.07. The van der Waals surface area contributed by atoms with Gasteiger partial charge in [0.1, 0.15) is 5.75 Å². The molecular weight excluding hydrogens is 423 g/mol. The van der Waals surface area contributed by atoms with Crippen LogP contribution in [0.4, 0.5) is 5.82 Å². The van der Waals surface area contributed by atoms with Gasteiger partial charge in [0.2, 0.25) is 0 Å². The average molecular weight is 443 g/mol. The van der Waals surface area contributed by atoms with Crippen LogP contribution in [0.5, 0.6) is 5.75 Å². The molecule has 1 amide bonds. The van der Waals surface area contributed by atoms with E-state index < -0.39 is 0 Å². The van der Waals surface area contributed by atoms with Gasteiger partial charge >= 0.3 is 0 Å². The average Bonchev–Trinajstić information content (AvgIpc) is 2.80. The molecule has 3 aromatic rings. The fourth-order valence-electron chi connectivity index (χ4n) is 3.40. The zero-order valence-corrected chi connectivity index (χ0v) is 17.9. The quantitative estimate of drug-likeness (QED) is 0.598. The highest BCUT2D eigenvalue weighted by Crippen LogP contribution is 2.25. The van der Waals surface area contributed by atoms with E-state index in [1.807, 2.05) is 36.4 Å². The molecule has 0 N–H and O–H groups in total. The molecule has 8 heteroatoms. The van der Waals surface area contributed by atoms with Crippen molar-refractivity contribution in [2.24, 2.45) is 0 Å². The van der Waals surface area contributed by atoms with Crippen LogP contribution in [0.1, 0.15) is 10.4 Å². The van der Waals surface area contributed by atoms with Crippen LogP contribution in [0.25, 0.3) is 11.3 Å². The van der Waals surface area contributed by atoms with Crippen molar-refractivity contribution in [3.8, 4) is 17.0 Å². The summed E-state index contributed by atoms with van der Waals surface area (Å²) in [5.41, 5.74) is 2.16. The first-order valence-corrected chi connectivity index (χ1v) is 10.3. The van der Waals surface area contributed by atoms with Gasteiger partial charge in [-0.15, -0.1) is 10.2 Å². The number of benzene rings is 2. The van der Waals surface area contributed by atoms with E-state index in [4.69, 9.17) is 27.9 Å². The summed E-state index contributed by atoms with van der Waals surface area (Å²) in [7, 11) is 1.64. The Hall–Kier alpha value is -2.83. The Kier molecular flexibility index (Phi) is 6.06. The van der Waals surface area contributed by atoms with Gasteiger partial charge in [-0.05, 0) is 42.5 Å². The molecule has 0 bridgehead atoms. The summed E-state index contributed by atoms with van der Waals surface area (Å²) < 4.78 is 5.27. The van der Waals surface area contributed by atoms with Gasteiger partial charge in [-0.1, -0.05) is 35.3 Å². The Morgan fingerprint density at radius 2 is 1.77 bits per heavy atom. The predicted molar refractivity (Wildman–Crippen MR) is 119 cm³/mol. The largest absolute Gasteiger partial charge is 0.497 e. The lowest BCUT2D eigenvalue weighted by atomic mass is 10.1. The van der Waals surface area contributed by atoms with Gasteiger partial charge in [-0.2, -0.15) is 0 Å². The molecule has 1 aromatic heterocycles. The van der Waals surface area contributed by atoms with Crippen LogP contribution in [0.3, 0.4) is 0 Å². The number of ether oxygens (including phenoxy) is 1. The van der Waals surface area contributed by atoms with Gasteiger partial charge in [0.15, 0.2) is 5.82 Å². The van der Waals surface area contributed by atoms with Crippen molar-refractivity contribution in [1.82, 2.24) is 15.1 Å². The zero-order valence-electron chi connectivity index (χ0n) is 16.4. The standard InChI is InChI=1S/C22H20Cl2N4O2/c1-30-17-4-2-3-15(13-17)20-7-8-21(26-25-20)27-9-11-28(12-10-27)22(29)18-14-16(23)5-6-19(18)24/h2-8,13-14H,9-12H2,1H3. The third kappa shape index (κ3) is 4.35. The summed E-state index contributed by atoms with van der Waals surface area (Å²) in [5.74, 6) is 1.45. The van der Waals surface area contributed by atoms with E-state index in [9.17, 15) is 4.79 Å². The van der Waals surface area contributed by atoms with Crippen molar-refractivity contribution in [3.63, 3.8) is 0 Å². The third-order valence-corrected chi connectivity index (χ3v) is 5.63. The van der Waals surface area contributed by atoms with Crippen molar-refractivity contribution in [2.75, 3.05) is 38.2 Å². The van der Waals surface area contributed by atoms with Crippen LogP contribution in [0.15, 0.2) is 54.6 Å². The van der Waals surface area contributed by atoms with Gasteiger partial charge in [-0.3, -0.25) is 4.79 Å². The second-order valence-corrected chi connectivity index (χ2v) is 7.76. The topological polar surface area (TPSA) is 58.6 Å². The maximum Gasteiger partial charge on any atom is 0.255 e. The monoisotopic (exact) mass is 442 g/mol. The lowest BCUT2D eigenvalue weighted by molar-refractivity contribution is 0.0746. The van der Waals surface area contributed by atoms with Crippen LogP contribution < -0.4 is 9.64 Å². The Balaban J connectivity index is 1.41. The van der Waals surface area contributed by atoms with E-state index in [2.05, 4.69) is 15.1 Å². The Labute approximate surface area is 185 Å². The summed E-state index contributed by atoms with van der Waals surface area (Å²) in [5, 5.41) is 9.65. The fourth-order valence-corrected chi connectivity index (χ4v) is 3.77. The van der Waals surface area contributed by atoms with Crippen LogP contribution >= 0.6 is 23.2 Å². The molecule has 0 saturated carbocycles. The maximum atomic E-state index is 12.8. The highest BCUT2D eigenvalue weighted by Gasteiger charge is 2.24. The molecular formula is C22H20Cl2N4O2. The van der Waals surface area contributed by atoms with Crippen LogP contribution in [-0.2, 0) is 0 Å². The minimum Gasteiger partial charge on any atom is -0.497 e. The Morgan fingerprint density at radius 1 is 0.967 bits per heavy atom. The molecule has 30 heavy (non-hydrogen) atoms. The number of halogens is 2. The molecule has 1 aliphatic rings. The molecule has 0 radical (unpaired) electrons. The number of hydrogen-bond acceptors (Lipinski definition) is 5. The molecule has 2 aromatic carbocycles. The van der Waals surface area contributed by atoms with Gasteiger partial charge in [0.05, 0.1) is 23.4 Å². The first kappa shape index (κ1) is 20.4. The number of carbonyl (C=O) groups is 1. The van der Waals surface area contributed by atoms with Crippen LogP contribution in [0.2, 0.25) is 10.0 Å². The van der Waals surface area contributed by atoms with Gasteiger partial charge in [0, 0.05) is 36.8 Å². The summed E-state index contributed by atoms with van der Waals surface area (Å²) in [4.78, 5) is 16.7. The maximum absolute atomic E-state index is 12.8. The van der Waals surface area contributed by atoms with E-state index in [1.54, 1.807) is 30.2 Å². The van der Waals surface area contributed by atoms with Gasteiger partial charge in [0.25, 0.3) is 5.91 Å². The molecule has 1 fully saturated rings. The van der Waals surface area contributed by atoms with E-state index in [1.165, 1.54) is 0 Å². The number of amides is 1. The summed E-state index contributed by atoms with van der Waals surface area (Å²) >= 11 is 12.2. The lowest BCUT2D eigenvalue weighted by Crippen LogP contribution is -2.49. The van der Waals surface area contributed by atoms with Crippen molar-refractivity contribution in [1.29, 1.82) is 0 Å². The SMILES string of the molecule is COc1cccc(-c2ccc(N3CCN(C(=O)c4cc(Cl)ccc4Cl)CC3)nn2)c1. The molecule has 1 aliphatic heterocycles. The Bertz CT molecular complexity index is 1050. The first-order valence-electron chi connectivity index (χ1n) is 9.52. The number of aromatic nitrogens is 2. The number of piperazine rings is 1. The molecule has 6 nitrogen and oxygen atoms in total. The summed E-state index contributed by atoms with van der Waals surface area (Å²) in [6, 6.07) is 16.5.